The van der Waals surface area contributed by atoms with Gasteiger partial charge in [0.1, 0.15) is 12.4 Å². The molecule has 0 aromatic heterocycles. The van der Waals surface area contributed by atoms with Crippen LogP contribution in [0.2, 0.25) is 5.02 Å². The van der Waals surface area contributed by atoms with Gasteiger partial charge >= 0.3 is 0 Å². The van der Waals surface area contributed by atoms with E-state index in [4.69, 9.17) is 16.3 Å². The Morgan fingerprint density at radius 1 is 1.55 bits per heavy atom. The Balaban J connectivity index is 1.74. The van der Waals surface area contributed by atoms with Crippen LogP contribution in [0.1, 0.15) is 6.92 Å². The molecule has 1 atom stereocenters. The highest BCUT2D eigenvalue weighted by molar-refractivity contribution is 6.30. The minimum Gasteiger partial charge on any atom is -0.492 e. The van der Waals surface area contributed by atoms with Crippen molar-refractivity contribution in [3.63, 3.8) is 0 Å². The molecule has 110 valence electrons. The van der Waals surface area contributed by atoms with Crippen LogP contribution >= 0.6 is 11.6 Å². The van der Waals surface area contributed by atoms with E-state index < -0.39 is 0 Å². The number of ether oxygens (including phenoxy) is 1. The second kappa shape index (κ2) is 6.95. The number of nitrogens with one attached hydrogen (secondary N) is 1. The number of amides is 1. The maximum Gasteiger partial charge on any atom is 0.225 e. The van der Waals surface area contributed by atoms with Gasteiger partial charge in [0.05, 0.1) is 6.54 Å². The van der Waals surface area contributed by atoms with Gasteiger partial charge in [0.2, 0.25) is 5.91 Å². The molecule has 0 aliphatic carbocycles. The van der Waals surface area contributed by atoms with Gasteiger partial charge in [-0.2, -0.15) is 0 Å². The summed E-state index contributed by atoms with van der Waals surface area (Å²) in [7, 11) is 1.83. The van der Waals surface area contributed by atoms with Gasteiger partial charge in [-0.25, -0.2) is 0 Å². The van der Waals surface area contributed by atoms with Crippen LogP contribution in [0.5, 0.6) is 5.75 Å². The molecule has 1 aliphatic heterocycles. The lowest BCUT2D eigenvalue weighted by Gasteiger charge is -2.33. The molecule has 4 nitrogen and oxygen atoms in total. The van der Waals surface area contributed by atoms with E-state index in [1.54, 1.807) is 17.0 Å². The van der Waals surface area contributed by atoms with Crippen LogP contribution in [0.25, 0.3) is 0 Å². The Morgan fingerprint density at radius 3 is 2.90 bits per heavy atom. The number of rotatable bonds is 6. The quantitative estimate of drug-likeness (QED) is 0.873. The van der Waals surface area contributed by atoms with Crippen molar-refractivity contribution >= 4 is 17.5 Å². The Hall–Kier alpha value is -1.26. The first-order valence-electron chi connectivity index (χ1n) is 6.92. The summed E-state index contributed by atoms with van der Waals surface area (Å²) in [5.74, 6) is 1.46. The molecule has 1 heterocycles. The maximum absolute atomic E-state index is 12.2. The molecular weight excluding hydrogens is 276 g/mol. The van der Waals surface area contributed by atoms with Crippen molar-refractivity contribution in [3.8, 4) is 5.75 Å². The third-order valence-corrected chi connectivity index (χ3v) is 4.01. The number of likely N-dealkylation sites (N-methyl/N-ethyl adjacent to an activating group) is 1. The summed E-state index contributed by atoms with van der Waals surface area (Å²) in [5, 5.41) is 3.85. The Labute approximate surface area is 125 Å². The van der Waals surface area contributed by atoms with E-state index in [2.05, 4.69) is 5.32 Å². The monoisotopic (exact) mass is 296 g/mol. The number of carbonyl (C=O) groups excluding carboxylic acids is 1. The molecule has 0 bridgehead atoms. The van der Waals surface area contributed by atoms with Gasteiger partial charge in [-0.1, -0.05) is 24.6 Å². The third-order valence-electron chi connectivity index (χ3n) is 3.78. The minimum atomic E-state index is 0.0763. The summed E-state index contributed by atoms with van der Waals surface area (Å²) < 4.78 is 5.60. The molecule has 0 spiro atoms. The molecule has 0 saturated carbocycles. The second-order valence-electron chi connectivity index (χ2n) is 5.27. The van der Waals surface area contributed by atoms with Gasteiger partial charge in [-0.05, 0) is 37.2 Å². The molecule has 1 aromatic carbocycles. The van der Waals surface area contributed by atoms with Crippen LogP contribution in [0.15, 0.2) is 24.3 Å². The van der Waals surface area contributed by atoms with E-state index in [1.165, 1.54) is 0 Å². The lowest BCUT2D eigenvalue weighted by Crippen LogP contribution is -2.50. The molecule has 1 N–H and O–H groups in total. The molecular formula is C15H21ClN2O2. The van der Waals surface area contributed by atoms with Crippen LogP contribution in [-0.2, 0) is 4.79 Å². The van der Waals surface area contributed by atoms with E-state index in [0.29, 0.717) is 24.1 Å². The SMILES string of the molecule is CC(C(=O)N(C)CCOc1cccc(Cl)c1)C1CNC1. The van der Waals surface area contributed by atoms with Gasteiger partial charge in [0.15, 0.2) is 0 Å². The maximum atomic E-state index is 12.2. The molecule has 2 rings (SSSR count). The normalized spacial score (nSPS) is 16.4. The lowest BCUT2D eigenvalue weighted by molar-refractivity contribution is -0.136. The smallest absolute Gasteiger partial charge is 0.225 e. The van der Waals surface area contributed by atoms with E-state index in [9.17, 15) is 4.79 Å². The van der Waals surface area contributed by atoms with Crippen LogP contribution in [0, 0.1) is 11.8 Å². The predicted molar refractivity (Wildman–Crippen MR) is 80.1 cm³/mol. The molecule has 5 heteroatoms. The van der Waals surface area contributed by atoms with Crippen molar-refractivity contribution in [1.29, 1.82) is 0 Å². The first kappa shape index (κ1) is 15.1. The Kier molecular flexibility index (Phi) is 5.26. The fourth-order valence-electron chi connectivity index (χ4n) is 2.18. The van der Waals surface area contributed by atoms with Crippen molar-refractivity contribution in [2.24, 2.45) is 11.8 Å². The van der Waals surface area contributed by atoms with Crippen molar-refractivity contribution in [1.82, 2.24) is 10.2 Å². The van der Waals surface area contributed by atoms with Crippen LogP contribution in [0.4, 0.5) is 0 Å². The molecule has 0 radical (unpaired) electrons. The number of hydrogen-bond donors (Lipinski definition) is 1. The highest BCUT2D eigenvalue weighted by Gasteiger charge is 2.30. The molecule has 1 aliphatic rings. The number of carbonyl (C=O) groups is 1. The minimum absolute atomic E-state index is 0.0763. The average Bonchev–Trinajstić information content (AvgIpc) is 2.35. The first-order valence-corrected chi connectivity index (χ1v) is 7.30. The lowest BCUT2D eigenvalue weighted by atomic mass is 9.88. The van der Waals surface area contributed by atoms with Gasteiger partial charge in [0, 0.05) is 18.0 Å². The van der Waals surface area contributed by atoms with Gasteiger partial charge in [-0.3, -0.25) is 4.79 Å². The molecule has 1 amide bonds. The van der Waals surface area contributed by atoms with Crippen molar-refractivity contribution in [2.75, 3.05) is 33.3 Å². The fraction of sp³-hybridized carbons (Fsp3) is 0.533. The summed E-state index contributed by atoms with van der Waals surface area (Å²) in [5.41, 5.74) is 0. The van der Waals surface area contributed by atoms with Crippen molar-refractivity contribution < 1.29 is 9.53 Å². The first-order chi connectivity index (χ1) is 9.58. The number of benzene rings is 1. The van der Waals surface area contributed by atoms with E-state index >= 15 is 0 Å². The van der Waals surface area contributed by atoms with Crippen molar-refractivity contribution in [2.45, 2.75) is 6.92 Å². The molecule has 20 heavy (non-hydrogen) atoms. The zero-order valence-electron chi connectivity index (χ0n) is 11.9. The topological polar surface area (TPSA) is 41.6 Å². The number of halogens is 1. The van der Waals surface area contributed by atoms with Gasteiger partial charge < -0.3 is 15.0 Å². The third kappa shape index (κ3) is 3.87. The Bertz CT molecular complexity index is 463. The molecule has 1 fully saturated rings. The summed E-state index contributed by atoms with van der Waals surface area (Å²) in [6, 6.07) is 7.28. The summed E-state index contributed by atoms with van der Waals surface area (Å²) in [6.45, 7) is 4.94. The molecule has 1 saturated heterocycles. The predicted octanol–water partition coefficient (Wildman–Crippen LogP) is 2.03. The summed E-state index contributed by atoms with van der Waals surface area (Å²) >= 11 is 5.89. The molecule has 1 aromatic rings. The van der Waals surface area contributed by atoms with E-state index in [-0.39, 0.29) is 11.8 Å². The highest BCUT2D eigenvalue weighted by atomic mass is 35.5. The standard InChI is InChI=1S/C15H21ClN2O2/c1-11(12-9-17-10-12)15(19)18(2)6-7-20-14-5-3-4-13(16)8-14/h3-5,8,11-12,17H,6-7,9-10H2,1-2H3. The zero-order chi connectivity index (χ0) is 14.5. The summed E-state index contributed by atoms with van der Waals surface area (Å²) in [6.07, 6.45) is 0. The average molecular weight is 297 g/mol. The zero-order valence-corrected chi connectivity index (χ0v) is 12.7. The van der Waals surface area contributed by atoms with E-state index in [1.807, 2.05) is 26.1 Å². The highest BCUT2D eigenvalue weighted by Crippen LogP contribution is 2.19. The van der Waals surface area contributed by atoms with Crippen LogP contribution < -0.4 is 10.1 Å². The summed E-state index contributed by atoms with van der Waals surface area (Å²) in [4.78, 5) is 13.9. The second-order valence-corrected chi connectivity index (χ2v) is 5.71. The molecule has 1 unspecified atom stereocenters. The number of hydrogen-bond acceptors (Lipinski definition) is 3. The van der Waals surface area contributed by atoms with Gasteiger partial charge in [0.25, 0.3) is 0 Å². The van der Waals surface area contributed by atoms with Crippen molar-refractivity contribution in [3.05, 3.63) is 29.3 Å². The Morgan fingerprint density at radius 2 is 2.30 bits per heavy atom. The van der Waals surface area contributed by atoms with Crippen LogP contribution in [-0.4, -0.2) is 44.1 Å². The van der Waals surface area contributed by atoms with Gasteiger partial charge in [-0.15, -0.1) is 0 Å². The fourth-order valence-corrected chi connectivity index (χ4v) is 2.36. The van der Waals surface area contributed by atoms with E-state index in [0.717, 1.165) is 18.8 Å². The number of nitrogens with zero attached hydrogens (tertiary/aromatic N) is 1. The van der Waals surface area contributed by atoms with Crippen LogP contribution in [0.3, 0.4) is 0 Å². The largest absolute Gasteiger partial charge is 0.492 e.